The van der Waals surface area contributed by atoms with Crippen LogP contribution >= 0.6 is 23.2 Å². The van der Waals surface area contributed by atoms with Crippen molar-refractivity contribution in [3.63, 3.8) is 0 Å². The van der Waals surface area contributed by atoms with E-state index in [-0.39, 0.29) is 0 Å². The first-order chi connectivity index (χ1) is 12.6. The van der Waals surface area contributed by atoms with Crippen LogP contribution in [0.1, 0.15) is 31.4 Å². The van der Waals surface area contributed by atoms with Crippen LogP contribution in [0, 0.1) is 0 Å². The molecule has 2 rings (SSSR count). The van der Waals surface area contributed by atoms with Crippen LogP contribution in [0.25, 0.3) is 0 Å². The first kappa shape index (κ1) is 21.0. The van der Waals surface area contributed by atoms with Gasteiger partial charge in [0.05, 0.1) is 10.0 Å². The molecule has 2 aromatic rings. The van der Waals surface area contributed by atoms with E-state index in [0.29, 0.717) is 16.7 Å². The molecule has 26 heavy (non-hydrogen) atoms. The Morgan fingerprint density at radius 2 is 1.77 bits per heavy atom. The molecular formula is C21H28Cl2N2O. The standard InChI is InChI=1S/C21H28Cl2N2O/c1-3-25(4-2)12-6-11-24-15-17-7-5-8-19(13-17)26-16-18-9-10-20(22)21(23)14-18/h5,7-10,13-14,24H,3-4,6,11-12,15-16H2,1-2H3. The molecule has 0 bridgehead atoms. The highest BCUT2D eigenvalue weighted by atomic mass is 35.5. The summed E-state index contributed by atoms with van der Waals surface area (Å²) in [4.78, 5) is 2.44. The second kappa shape index (κ2) is 11.5. The van der Waals surface area contributed by atoms with Crippen LogP contribution in [-0.2, 0) is 13.2 Å². The molecule has 0 aliphatic carbocycles. The molecule has 0 aliphatic rings. The molecule has 0 spiro atoms. The zero-order chi connectivity index (χ0) is 18.8. The summed E-state index contributed by atoms with van der Waals surface area (Å²) in [6.45, 7) is 10.1. The molecule has 0 aromatic heterocycles. The minimum absolute atomic E-state index is 0.470. The average molecular weight is 395 g/mol. The van der Waals surface area contributed by atoms with Crippen molar-refractivity contribution in [2.45, 2.75) is 33.4 Å². The van der Waals surface area contributed by atoms with E-state index < -0.39 is 0 Å². The van der Waals surface area contributed by atoms with E-state index in [1.807, 2.05) is 24.3 Å². The van der Waals surface area contributed by atoms with Crippen LogP contribution in [0.3, 0.4) is 0 Å². The maximum atomic E-state index is 6.04. The topological polar surface area (TPSA) is 24.5 Å². The van der Waals surface area contributed by atoms with Crippen LogP contribution in [-0.4, -0.2) is 31.1 Å². The predicted octanol–water partition coefficient (Wildman–Crippen LogP) is 5.39. The minimum atomic E-state index is 0.470. The van der Waals surface area contributed by atoms with Gasteiger partial charge >= 0.3 is 0 Å². The van der Waals surface area contributed by atoms with Gasteiger partial charge in [-0.1, -0.05) is 55.2 Å². The Kier molecular flexibility index (Phi) is 9.27. The molecule has 142 valence electrons. The number of rotatable bonds is 11. The summed E-state index contributed by atoms with van der Waals surface area (Å²) >= 11 is 12.0. The molecule has 0 saturated heterocycles. The molecule has 0 radical (unpaired) electrons. The smallest absolute Gasteiger partial charge is 0.120 e. The lowest BCUT2D eigenvalue weighted by molar-refractivity contribution is 0.297. The Hall–Kier alpha value is -1.26. The van der Waals surface area contributed by atoms with Crippen LogP contribution in [0.15, 0.2) is 42.5 Å². The van der Waals surface area contributed by atoms with E-state index in [4.69, 9.17) is 27.9 Å². The number of nitrogens with one attached hydrogen (secondary N) is 1. The van der Waals surface area contributed by atoms with Crippen molar-refractivity contribution in [1.29, 1.82) is 0 Å². The van der Waals surface area contributed by atoms with Gasteiger partial charge in [0, 0.05) is 6.54 Å². The zero-order valence-electron chi connectivity index (χ0n) is 15.6. The summed E-state index contributed by atoms with van der Waals surface area (Å²) in [5.74, 6) is 0.860. The lowest BCUT2D eigenvalue weighted by Crippen LogP contribution is -2.27. The summed E-state index contributed by atoms with van der Waals surface area (Å²) in [6.07, 6.45) is 1.16. The minimum Gasteiger partial charge on any atom is -0.489 e. The molecule has 0 amide bonds. The lowest BCUT2D eigenvalue weighted by atomic mass is 10.2. The second-order valence-corrected chi connectivity index (χ2v) is 7.06. The summed E-state index contributed by atoms with van der Waals surface area (Å²) < 4.78 is 5.88. The monoisotopic (exact) mass is 394 g/mol. The molecule has 5 heteroatoms. The number of halogens is 2. The van der Waals surface area contributed by atoms with Gasteiger partial charge in [-0.2, -0.15) is 0 Å². The lowest BCUT2D eigenvalue weighted by Gasteiger charge is -2.17. The van der Waals surface area contributed by atoms with E-state index in [9.17, 15) is 0 Å². The predicted molar refractivity (Wildman–Crippen MR) is 111 cm³/mol. The summed E-state index contributed by atoms with van der Waals surface area (Å²) in [5, 5.41) is 4.62. The second-order valence-electron chi connectivity index (χ2n) is 6.24. The van der Waals surface area contributed by atoms with Gasteiger partial charge in [-0.25, -0.2) is 0 Å². The van der Waals surface area contributed by atoms with Crippen LogP contribution in [0.4, 0.5) is 0 Å². The van der Waals surface area contributed by atoms with Crippen LogP contribution in [0.2, 0.25) is 10.0 Å². The first-order valence-corrected chi connectivity index (χ1v) is 9.96. The number of ether oxygens (including phenoxy) is 1. The van der Waals surface area contributed by atoms with Crippen molar-refractivity contribution in [1.82, 2.24) is 10.2 Å². The van der Waals surface area contributed by atoms with Crippen LogP contribution < -0.4 is 10.1 Å². The van der Waals surface area contributed by atoms with Gasteiger partial charge in [0.1, 0.15) is 12.4 Å². The summed E-state index contributed by atoms with van der Waals surface area (Å²) in [7, 11) is 0. The summed E-state index contributed by atoms with van der Waals surface area (Å²) in [6, 6.07) is 13.7. The molecule has 1 N–H and O–H groups in total. The van der Waals surface area contributed by atoms with Gasteiger partial charge in [0.2, 0.25) is 0 Å². The van der Waals surface area contributed by atoms with E-state index >= 15 is 0 Å². The van der Waals surface area contributed by atoms with E-state index in [0.717, 1.165) is 50.5 Å². The van der Waals surface area contributed by atoms with Gasteiger partial charge in [0.25, 0.3) is 0 Å². The first-order valence-electron chi connectivity index (χ1n) is 9.21. The third kappa shape index (κ3) is 7.16. The Bertz CT molecular complexity index is 675. The highest BCUT2D eigenvalue weighted by molar-refractivity contribution is 6.42. The average Bonchev–Trinajstić information content (AvgIpc) is 2.66. The third-order valence-corrected chi connectivity index (χ3v) is 5.08. The van der Waals surface area contributed by atoms with Crippen molar-refractivity contribution >= 4 is 23.2 Å². The van der Waals surface area contributed by atoms with Crippen LogP contribution in [0.5, 0.6) is 5.75 Å². The molecule has 0 fully saturated rings. The molecule has 3 nitrogen and oxygen atoms in total. The van der Waals surface area contributed by atoms with E-state index in [2.05, 4.69) is 36.2 Å². The maximum absolute atomic E-state index is 6.04. The van der Waals surface area contributed by atoms with Crippen molar-refractivity contribution in [2.24, 2.45) is 0 Å². The number of hydrogen-bond donors (Lipinski definition) is 1. The summed E-state index contributed by atoms with van der Waals surface area (Å²) in [5.41, 5.74) is 2.22. The normalized spacial score (nSPS) is 11.1. The quantitative estimate of drug-likeness (QED) is 0.516. The zero-order valence-corrected chi connectivity index (χ0v) is 17.1. The maximum Gasteiger partial charge on any atom is 0.120 e. The molecule has 0 heterocycles. The fourth-order valence-electron chi connectivity index (χ4n) is 2.74. The molecule has 2 aromatic carbocycles. The number of benzene rings is 2. The Labute approximate surface area is 167 Å². The molecule has 0 aliphatic heterocycles. The van der Waals surface area contributed by atoms with Crippen molar-refractivity contribution in [3.05, 3.63) is 63.6 Å². The molecular weight excluding hydrogens is 367 g/mol. The SMILES string of the molecule is CCN(CC)CCCNCc1cccc(OCc2ccc(Cl)c(Cl)c2)c1. The van der Waals surface area contributed by atoms with Gasteiger partial charge < -0.3 is 15.0 Å². The largest absolute Gasteiger partial charge is 0.489 e. The highest BCUT2D eigenvalue weighted by Gasteiger charge is 2.02. The van der Waals surface area contributed by atoms with E-state index in [1.165, 1.54) is 5.56 Å². The van der Waals surface area contributed by atoms with Gasteiger partial charge in [-0.3, -0.25) is 0 Å². The molecule has 0 saturated carbocycles. The highest BCUT2D eigenvalue weighted by Crippen LogP contribution is 2.23. The molecule has 0 atom stereocenters. The Morgan fingerprint density at radius 3 is 2.50 bits per heavy atom. The fourth-order valence-corrected chi connectivity index (χ4v) is 3.06. The van der Waals surface area contributed by atoms with Gasteiger partial charge in [-0.05, 0) is 68.0 Å². The number of hydrogen-bond acceptors (Lipinski definition) is 3. The van der Waals surface area contributed by atoms with E-state index in [1.54, 1.807) is 6.07 Å². The number of nitrogens with zero attached hydrogens (tertiary/aromatic N) is 1. The van der Waals surface area contributed by atoms with Gasteiger partial charge in [-0.15, -0.1) is 0 Å². The fraction of sp³-hybridized carbons (Fsp3) is 0.429. The third-order valence-electron chi connectivity index (χ3n) is 4.34. The van der Waals surface area contributed by atoms with Crippen molar-refractivity contribution in [2.75, 3.05) is 26.2 Å². The van der Waals surface area contributed by atoms with Gasteiger partial charge in [0.15, 0.2) is 0 Å². The van der Waals surface area contributed by atoms with Crippen molar-refractivity contribution < 1.29 is 4.74 Å². The van der Waals surface area contributed by atoms with Crippen molar-refractivity contribution in [3.8, 4) is 5.75 Å². The molecule has 0 unspecified atom stereocenters. The Balaban J connectivity index is 1.75. The Morgan fingerprint density at radius 1 is 0.962 bits per heavy atom.